The third kappa shape index (κ3) is 1.10. The third-order valence-electron chi connectivity index (χ3n) is 3.08. The third-order valence-corrected chi connectivity index (χ3v) is 3.08. The predicted molar refractivity (Wildman–Crippen MR) is 60.8 cm³/mol. The smallest absolute Gasteiger partial charge is 0.214 e. The Morgan fingerprint density at radius 1 is 1.31 bits per heavy atom. The number of benzene rings is 1. The van der Waals surface area contributed by atoms with Crippen molar-refractivity contribution in [3.8, 4) is 0 Å². The lowest BCUT2D eigenvalue weighted by Gasteiger charge is -2.09. The van der Waals surface area contributed by atoms with E-state index in [9.17, 15) is 9.59 Å². The summed E-state index contributed by atoms with van der Waals surface area (Å²) < 4.78 is 0. The fraction of sp³-hybridized carbons (Fsp3) is 0.167. The molecule has 1 N–H and O–H groups in total. The average molecular weight is 214 g/mol. The molecule has 2 aromatic rings. The molecule has 2 heterocycles. The van der Waals surface area contributed by atoms with Gasteiger partial charge in [0.25, 0.3) is 0 Å². The number of carbonyl (C=O) groups excluding carboxylic acids is 2. The summed E-state index contributed by atoms with van der Waals surface area (Å²) in [5, 5.41) is 1.05. The molecule has 4 nitrogen and oxygen atoms in total. The van der Waals surface area contributed by atoms with Gasteiger partial charge in [-0.15, -0.1) is 0 Å². The van der Waals surface area contributed by atoms with Crippen LogP contribution in [0.15, 0.2) is 18.2 Å². The Morgan fingerprint density at radius 2 is 2.19 bits per heavy atom. The lowest BCUT2D eigenvalue weighted by Crippen LogP contribution is -2.17. The molecule has 16 heavy (non-hydrogen) atoms. The second-order valence-corrected chi connectivity index (χ2v) is 3.92. The zero-order chi connectivity index (χ0) is 11.1. The zero-order valence-electron chi connectivity index (χ0n) is 8.56. The number of nitrogens with zero attached hydrogens (tertiary/aromatic N) is 1. The van der Waals surface area contributed by atoms with E-state index >= 15 is 0 Å². The van der Waals surface area contributed by atoms with Gasteiger partial charge in [0.15, 0.2) is 6.29 Å². The molecule has 3 rings (SSSR count). The summed E-state index contributed by atoms with van der Waals surface area (Å²) in [6, 6.07) is 5.67. The van der Waals surface area contributed by atoms with Gasteiger partial charge in [0.2, 0.25) is 6.41 Å². The zero-order valence-corrected chi connectivity index (χ0v) is 8.56. The Bertz CT molecular complexity index is 586. The van der Waals surface area contributed by atoms with E-state index in [4.69, 9.17) is 0 Å². The average Bonchev–Trinajstić information content (AvgIpc) is 2.91. The van der Waals surface area contributed by atoms with Crippen LogP contribution in [0.5, 0.6) is 0 Å². The first-order chi connectivity index (χ1) is 7.83. The summed E-state index contributed by atoms with van der Waals surface area (Å²) in [5.74, 6) is 0. The Hall–Kier alpha value is -2.10. The largest absolute Gasteiger partial charge is 0.352 e. The number of anilines is 1. The fourth-order valence-electron chi connectivity index (χ4n) is 2.33. The number of H-pyrrole nitrogens is 1. The highest BCUT2D eigenvalue weighted by Crippen LogP contribution is 2.33. The quantitative estimate of drug-likeness (QED) is 0.770. The second kappa shape index (κ2) is 3.20. The summed E-state index contributed by atoms with van der Waals surface area (Å²) in [6.45, 7) is 0.722. The van der Waals surface area contributed by atoms with Gasteiger partial charge in [0.05, 0.1) is 5.69 Å². The van der Waals surface area contributed by atoms with Gasteiger partial charge >= 0.3 is 0 Å². The first-order valence-electron chi connectivity index (χ1n) is 5.15. The standard InChI is InChI=1S/C12H10N2O2/c15-6-8-5-10-9-3-4-14(7-16)12(9)2-1-11(10)13-8/h1-2,5-7,13H,3-4H2. The molecular weight excluding hydrogens is 204 g/mol. The number of aromatic nitrogens is 1. The Morgan fingerprint density at radius 3 is 2.94 bits per heavy atom. The lowest BCUT2D eigenvalue weighted by atomic mass is 10.1. The van der Waals surface area contributed by atoms with Gasteiger partial charge in [0.1, 0.15) is 0 Å². The SMILES string of the molecule is O=Cc1cc2c3c(ccc2[nH]1)N(C=O)CC3. The molecule has 0 spiro atoms. The van der Waals surface area contributed by atoms with Crippen LogP contribution in [-0.4, -0.2) is 24.2 Å². The van der Waals surface area contributed by atoms with Crippen LogP contribution < -0.4 is 4.90 Å². The van der Waals surface area contributed by atoms with E-state index < -0.39 is 0 Å². The van der Waals surface area contributed by atoms with Gasteiger partial charge in [-0.1, -0.05) is 0 Å². The minimum atomic E-state index is 0.577. The number of carbonyl (C=O) groups is 2. The molecule has 0 radical (unpaired) electrons. The summed E-state index contributed by atoms with van der Waals surface area (Å²) in [6.07, 6.45) is 2.51. The summed E-state index contributed by atoms with van der Waals surface area (Å²) in [5.41, 5.74) is 3.63. The van der Waals surface area contributed by atoms with E-state index in [-0.39, 0.29) is 0 Å². The molecule has 4 heteroatoms. The van der Waals surface area contributed by atoms with Crippen LogP contribution in [0.2, 0.25) is 0 Å². The first kappa shape index (κ1) is 9.15. The van der Waals surface area contributed by atoms with Gasteiger partial charge in [0, 0.05) is 23.1 Å². The number of rotatable bonds is 2. The highest BCUT2D eigenvalue weighted by molar-refractivity contribution is 5.96. The fourth-order valence-corrected chi connectivity index (χ4v) is 2.33. The number of aromatic amines is 1. The normalized spacial score (nSPS) is 14.1. The van der Waals surface area contributed by atoms with Crippen molar-refractivity contribution in [1.82, 2.24) is 4.98 Å². The molecule has 0 bridgehead atoms. The highest BCUT2D eigenvalue weighted by Gasteiger charge is 2.21. The molecule has 0 aliphatic carbocycles. The topological polar surface area (TPSA) is 53.2 Å². The van der Waals surface area contributed by atoms with E-state index in [1.807, 2.05) is 18.2 Å². The monoisotopic (exact) mass is 214 g/mol. The van der Waals surface area contributed by atoms with Gasteiger partial charge in [-0.3, -0.25) is 9.59 Å². The lowest BCUT2D eigenvalue weighted by molar-refractivity contribution is -0.107. The molecule has 1 aliphatic rings. The molecular formula is C12H10N2O2. The van der Waals surface area contributed by atoms with Gasteiger partial charge in [-0.05, 0) is 30.2 Å². The van der Waals surface area contributed by atoms with E-state index in [0.29, 0.717) is 5.69 Å². The van der Waals surface area contributed by atoms with Crippen molar-refractivity contribution in [2.24, 2.45) is 0 Å². The van der Waals surface area contributed by atoms with E-state index in [1.165, 1.54) is 0 Å². The summed E-state index contributed by atoms with van der Waals surface area (Å²) in [4.78, 5) is 26.3. The number of hydrogen-bond acceptors (Lipinski definition) is 2. The Kier molecular flexibility index (Phi) is 1.83. The van der Waals surface area contributed by atoms with Gasteiger partial charge in [-0.25, -0.2) is 0 Å². The minimum absolute atomic E-state index is 0.577. The van der Waals surface area contributed by atoms with Crippen LogP contribution in [0.3, 0.4) is 0 Å². The van der Waals surface area contributed by atoms with E-state index in [1.54, 1.807) is 4.90 Å². The Balaban J connectivity index is 2.28. The number of aldehydes is 1. The molecule has 0 unspecified atom stereocenters. The molecule has 1 aromatic heterocycles. The van der Waals surface area contributed by atoms with Crippen molar-refractivity contribution in [3.05, 3.63) is 29.5 Å². The molecule has 80 valence electrons. The number of fused-ring (bicyclic) bond motifs is 3. The molecule has 1 aliphatic heterocycles. The molecule has 1 amide bonds. The van der Waals surface area contributed by atoms with Crippen molar-refractivity contribution < 1.29 is 9.59 Å². The maximum Gasteiger partial charge on any atom is 0.214 e. The highest BCUT2D eigenvalue weighted by atomic mass is 16.1. The summed E-state index contributed by atoms with van der Waals surface area (Å²) >= 11 is 0. The van der Waals surface area contributed by atoms with Crippen LogP contribution in [0.1, 0.15) is 16.1 Å². The van der Waals surface area contributed by atoms with Gasteiger partial charge < -0.3 is 9.88 Å². The number of hydrogen-bond donors (Lipinski definition) is 1. The van der Waals surface area contributed by atoms with Crippen LogP contribution >= 0.6 is 0 Å². The van der Waals surface area contributed by atoms with Crippen molar-refractivity contribution in [2.75, 3.05) is 11.4 Å². The van der Waals surface area contributed by atoms with E-state index in [2.05, 4.69) is 4.98 Å². The maximum atomic E-state index is 10.8. The number of amides is 1. The molecule has 0 saturated carbocycles. The maximum absolute atomic E-state index is 10.8. The van der Waals surface area contributed by atoms with Crippen LogP contribution in [0.4, 0.5) is 5.69 Å². The van der Waals surface area contributed by atoms with Crippen molar-refractivity contribution in [2.45, 2.75) is 6.42 Å². The predicted octanol–water partition coefficient (Wildman–Crippen LogP) is 1.50. The molecule has 1 aromatic carbocycles. The molecule has 0 atom stereocenters. The van der Waals surface area contributed by atoms with Crippen molar-refractivity contribution in [1.29, 1.82) is 0 Å². The van der Waals surface area contributed by atoms with Crippen LogP contribution in [-0.2, 0) is 11.2 Å². The Labute approximate surface area is 91.9 Å². The van der Waals surface area contributed by atoms with Crippen LogP contribution in [0.25, 0.3) is 10.9 Å². The molecule has 0 fully saturated rings. The minimum Gasteiger partial charge on any atom is -0.352 e. The van der Waals surface area contributed by atoms with Crippen molar-refractivity contribution >= 4 is 29.3 Å². The van der Waals surface area contributed by atoms with Crippen LogP contribution in [0, 0.1) is 0 Å². The summed E-state index contributed by atoms with van der Waals surface area (Å²) in [7, 11) is 0. The number of nitrogens with one attached hydrogen (secondary N) is 1. The molecule has 0 saturated heterocycles. The van der Waals surface area contributed by atoms with Crippen molar-refractivity contribution in [3.63, 3.8) is 0 Å². The second-order valence-electron chi connectivity index (χ2n) is 3.92. The first-order valence-corrected chi connectivity index (χ1v) is 5.15. The van der Waals surface area contributed by atoms with E-state index in [0.717, 1.165) is 47.8 Å². The van der Waals surface area contributed by atoms with Gasteiger partial charge in [-0.2, -0.15) is 0 Å².